The van der Waals surface area contributed by atoms with Crippen LogP contribution in [0.3, 0.4) is 0 Å². The summed E-state index contributed by atoms with van der Waals surface area (Å²) in [5.41, 5.74) is 2.13. The average Bonchev–Trinajstić information content (AvgIpc) is 3.04. The summed E-state index contributed by atoms with van der Waals surface area (Å²) in [6.45, 7) is 5.36. The van der Waals surface area contributed by atoms with E-state index in [0.29, 0.717) is 6.42 Å². The molecule has 1 N–H and O–H groups in total. The number of nitrogens with zero attached hydrogens (tertiary/aromatic N) is 3. The van der Waals surface area contributed by atoms with E-state index in [1.807, 2.05) is 25.3 Å². The van der Waals surface area contributed by atoms with E-state index in [0.717, 1.165) is 16.7 Å². The number of halogens is 1. The number of rotatable bonds is 6. The van der Waals surface area contributed by atoms with Crippen molar-refractivity contribution in [3.63, 3.8) is 0 Å². The van der Waals surface area contributed by atoms with Gasteiger partial charge in [-0.25, -0.2) is 0 Å². The Morgan fingerprint density at radius 2 is 1.96 bits per heavy atom. The van der Waals surface area contributed by atoms with Gasteiger partial charge in [0.2, 0.25) is 5.91 Å². The van der Waals surface area contributed by atoms with Gasteiger partial charge in [0.05, 0.1) is 10.7 Å². The summed E-state index contributed by atoms with van der Waals surface area (Å²) >= 11 is 3.38. The van der Waals surface area contributed by atoms with E-state index in [1.165, 1.54) is 37.9 Å². The van der Waals surface area contributed by atoms with Crippen molar-refractivity contribution >= 4 is 27.5 Å². The Kier molecular flexibility index (Phi) is 6.26. The molecule has 1 aliphatic rings. The lowest BCUT2D eigenvalue weighted by Crippen LogP contribution is -2.29. The highest BCUT2D eigenvalue weighted by atomic mass is 79.9. The quantitative estimate of drug-likeness (QED) is 0.783. The van der Waals surface area contributed by atoms with Crippen LogP contribution in [-0.4, -0.2) is 33.7 Å². The number of hydrogen-bond acceptors (Lipinski definition) is 3. The number of nitrogens with one attached hydrogen (secondary N) is 1. The Balaban J connectivity index is 1.59. The van der Waals surface area contributed by atoms with Gasteiger partial charge in [-0.3, -0.25) is 14.4 Å². The minimum Gasteiger partial charge on any atom is -0.324 e. The fourth-order valence-electron chi connectivity index (χ4n) is 3.27. The minimum absolute atomic E-state index is 0.0399. The molecule has 1 aliphatic heterocycles. The monoisotopic (exact) mass is 404 g/mol. The van der Waals surface area contributed by atoms with Crippen molar-refractivity contribution in [1.29, 1.82) is 0 Å². The first-order valence-corrected chi connectivity index (χ1v) is 9.77. The van der Waals surface area contributed by atoms with Gasteiger partial charge in [-0.2, -0.15) is 5.10 Å². The van der Waals surface area contributed by atoms with Gasteiger partial charge in [0.1, 0.15) is 6.04 Å². The van der Waals surface area contributed by atoms with E-state index in [4.69, 9.17) is 0 Å². The first-order chi connectivity index (χ1) is 12.2. The molecule has 1 aromatic carbocycles. The molecule has 5 nitrogen and oxygen atoms in total. The Morgan fingerprint density at radius 1 is 1.24 bits per heavy atom. The third kappa shape index (κ3) is 4.92. The van der Waals surface area contributed by atoms with Crippen molar-refractivity contribution in [2.45, 2.75) is 45.2 Å². The van der Waals surface area contributed by atoms with E-state index < -0.39 is 0 Å². The zero-order valence-corrected chi connectivity index (χ0v) is 16.2. The van der Waals surface area contributed by atoms with Crippen molar-refractivity contribution in [2.24, 2.45) is 0 Å². The number of anilines is 1. The zero-order valence-electron chi connectivity index (χ0n) is 14.6. The molecule has 0 radical (unpaired) electrons. The highest BCUT2D eigenvalue weighted by Gasteiger charge is 2.19. The van der Waals surface area contributed by atoms with Gasteiger partial charge >= 0.3 is 0 Å². The van der Waals surface area contributed by atoms with Crippen molar-refractivity contribution in [3.8, 4) is 0 Å². The molecule has 6 heteroatoms. The summed E-state index contributed by atoms with van der Waals surface area (Å²) in [7, 11) is 0. The third-order valence-corrected chi connectivity index (χ3v) is 5.06. The van der Waals surface area contributed by atoms with Gasteiger partial charge in [-0.05, 0) is 66.0 Å². The van der Waals surface area contributed by atoms with E-state index in [-0.39, 0.29) is 11.9 Å². The molecule has 2 heterocycles. The molecule has 0 saturated carbocycles. The molecule has 1 unspecified atom stereocenters. The highest BCUT2D eigenvalue weighted by Crippen LogP contribution is 2.19. The molecular weight excluding hydrogens is 380 g/mol. The van der Waals surface area contributed by atoms with E-state index in [9.17, 15) is 4.79 Å². The summed E-state index contributed by atoms with van der Waals surface area (Å²) in [5.74, 6) is -0.0399. The van der Waals surface area contributed by atoms with Crippen LogP contribution in [0.15, 0.2) is 41.1 Å². The van der Waals surface area contributed by atoms with Crippen LogP contribution in [0.25, 0.3) is 0 Å². The zero-order chi connectivity index (χ0) is 17.6. The first-order valence-electron chi connectivity index (χ1n) is 8.97. The second kappa shape index (κ2) is 8.63. The maximum Gasteiger partial charge on any atom is 0.249 e. The first kappa shape index (κ1) is 18.1. The van der Waals surface area contributed by atoms with Crippen molar-refractivity contribution in [3.05, 3.63) is 46.7 Å². The van der Waals surface area contributed by atoms with E-state index in [1.54, 1.807) is 10.9 Å². The predicted octanol–water partition coefficient (Wildman–Crippen LogP) is 4.22. The number of carbonyl (C=O) groups is 1. The molecule has 2 aromatic rings. The molecule has 1 atom stereocenters. The Bertz CT molecular complexity index is 692. The lowest BCUT2D eigenvalue weighted by atomic mass is 10.1. The Morgan fingerprint density at radius 3 is 2.56 bits per heavy atom. The smallest absolute Gasteiger partial charge is 0.249 e. The molecule has 0 bridgehead atoms. The molecule has 0 aliphatic carbocycles. The summed E-state index contributed by atoms with van der Waals surface area (Å²) in [4.78, 5) is 15.1. The van der Waals surface area contributed by atoms with Crippen molar-refractivity contribution in [2.75, 3.05) is 18.4 Å². The number of amides is 1. The van der Waals surface area contributed by atoms with Gasteiger partial charge in [-0.15, -0.1) is 0 Å². The maximum atomic E-state index is 12.6. The van der Waals surface area contributed by atoms with Crippen molar-refractivity contribution in [1.82, 2.24) is 14.7 Å². The van der Waals surface area contributed by atoms with Crippen molar-refractivity contribution < 1.29 is 4.79 Å². The van der Waals surface area contributed by atoms with Gasteiger partial charge in [0.15, 0.2) is 0 Å². The van der Waals surface area contributed by atoms with Gasteiger partial charge in [0, 0.05) is 18.4 Å². The fourth-order valence-corrected chi connectivity index (χ4v) is 3.57. The normalized spacial score (nSPS) is 16.6. The highest BCUT2D eigenvalue weighted by molar-refractivity contribution is 9.10. The number of likely N-dealkylation sites (tertiary alicyclic amines) is 1. The molecule has 1 fully saturated rings. The molecular formula is C19H25BrN4O. The van der Waals surface area contributed by atoms with Gasteiger partial charge in [0.25, 0.3) is 0 Å². The van der Waals surface area contributed by atoms with Gasteiger partial charge in [-0.1, -0.05) is 25.5 Å². The second-order valence-corrected chi connectivity index (χ2v) is 7.50. The van der Waals surface area contributed by atoms with Crippen LogP contribution in [0.4, 0.5) is 5.69 Å². The third-order valence-electron chi connectivity index (χ3n) is 4.66. The topological polar surface area (TPSA) is 50.2 Å². The Hall–Kier alpha value is -1.66. The molecule has 1 amide bonds. The van der Waals surface area contributed by atoms with Crippen LogP contribution in [0.5, 0.6) is 0 Å². The molecule has 0 spiro atoms. The molecule has 134 valence electrons. The second-order valence-electron chi connectivity index (χ2n) is 6.59. The largest absolute Gasteiger partial charge is 0.324 e. The summed E-state index contributed by atoms with van der Waals surface area (Å²) < 4.78 is 2.57. The number of benzene rings is 1. The fraction of sp³-hybridized carbons (Fsp3) is 0.474. The summed E-state index contributed by atoms with van der Waals surface area (Å²) in [6.07, 6.45) is 8.17. The standard InChI is InChI=1S/C19H25BrN4O/c1-2-18(24-14-16(20)12-21-24)19(25)22-17-8-6-15(7-9-17)13-23-10-4-3-5-11-23/h6-9,12,14,18H,2-5,10-11,13H2,1H3,(H,22,25). The lowest BCUT2D eigenvalue weighted by molar-refractivity contribution is -0.119. The van der Waals surface area contributed by atoms with E-state index >= 15 is 0 Å². The SMILES string of the molecule is CCC(C(=O)Nc1ccc(CN2CCCCC2)cc1)n1cc(Br)cn1. The summed E-state index contributed by atoms with van der Waals surface area (Å²) in [5, 5.41) is 7.24. The number of piperidine rings is 1. The van der Waals surface area contributed by atoms with Crippen LogP contribution >= 0.6 is 15.9 Å². The number of hydrogen-bond donors (Lipinski definition) is 1. The van der Waals surface area contributed by atoms with Gasteiger partial charge < -0.3 is 5.32 Å². The molecule has 1 saturated heterocycles. The molecule has 1 aromatic heterocycles. The Labute approximate surface area is 157 Å². The predicted molar refractivity (Wildman–Crippen MR) is 103 cm³/mol. The number of aromatic nitrogens is 2. The minimum atomic E-state index is -0.306. The van der Waals surface area contributed by atoms with Crippen LogP contribution in [0, 0.1) is 0 Å². The van der Waals surface area contributed by atoms with Crippen LogP contribution in [0.2, 0.25) is 0 Å². The number of carbonyl (C=O) groups excluding carboxylic acids is 1. The van der Waals surface area contributed by atoms with Crippen LogP contribution in [-0.2, 0) is 11.3 Å². The average molecular weight is 405 g/mol. The van der Waals surface area contributed by atoms with Crippen LogP contribution < -0.4 is 5.32 Å². The lowest BCUT2D eigenvalue weighted by Gasteiger charge is -2.26. The summed E-state index contributed by atoms with van der Waals surface area (Å²) in [6, 6.07) is 7.89. The molecule has 25 heavy (non-hydrogen) atoms. The van der Waals surface area contributed by atoms with E-state index in [2.05, 4.69) is 43.4 Å². The molecule has 3 rings (SSSR count). The maximum absolute atomic E-state index is 12.6. The van der Waals surface area contributed by atoms with Crippen LogP contribution in [0.1, 0.15) is 44.2 Å².